The third-order valence-corrected chi connectivity index (χ3v) is 7.95. The number of carboxylic acids is 1. The van der Waals surface area contributed by atoms with Crippen LogP contribution in [0.15, 0.2) is 29.3 Å². The van der Waals surface area contributed by atoms with Crippen LogP contribution in [0, 0.1) is 17.8 Å². The predicted molar refractivity (Wildman–Crippen MR) is 138 cm³/mol. The van der Waals surface area contributed by atoms with E-state index in [1.54, 1.807) is 0 Å². The van der Waals surface area contributed by atoms with Gasteiger partial charge in [0.2, 0.25) is 0 Å². The largest absolute Gasteiger partial charge is 0.479 e. The lowest BCUT2D eigenvalue weighted by molar-refractivity contribution is -0.145. The second-order valence-corrected chi connectivity index (χ2v) is 11.6. The number of anilines is 1. The Bertz CT molecular complexity index is 815. The Morgan fingerprint density at radius 2 is 1.88 bits per heavy atom. The molecule has 0 radical (unpaired) electrons. The smallest absolute Gasteiger partial charge is 0.333 e. The van der Waals surface area contributed by atoms with Gasteiger partial charge >= 0.3 is 5.97 Å². The minimum atomic E-state index is -1.00. The fraction of sp³-hybridized carbons (Fsp3) is 0.704. The third kappa shape index (κ3) is 6.03. The van der Waals surface area contributed by atoms with Crippen molar-refractivity contribution in [3.8, 4) is 0 Å². The number of rotatable bonds is 10. The predicted octanol–water partition coefficient (Wildman–Crippen LogP) is 6.72. The van der Waals surface area contributed by atoms with Crippen molar-refractivity contribution in [3.63, 3.8) is 0 Å². The Labute approximate surface area is 205 Å². The molecule has 0 bridgehead atoms. The number of aliphatic imine (C=N–C) groups is 1. The van der Waals surface area contributed by atoms with Crippen LogP contribution in [-0.4, -0.2) is 46.0 Å². The van der Waals surface area contributed by atoms with Crippen molar-refractivity contribution < 1.29 is 9.90 Å². The summed E-state index contributed by atoms with van der Waals surface area (Å²) in [6, 6.07) is 7.89. The number of carboxylic acid groups (broad SMARTS) is 1. The number of hydrogen-bond acceptors (Lipinski definition) is 4. The fourth-order valence-electron chi connectivity index (χ4n) is 5.96. The van der Waals surface area contributed by atoms with Crippen LogP contribution in [0.25, 0.3) is 0 Å². The summed E-state index contributed by atoms with van der Waals surface area (Å²) in [5.74, 6) is 0.649. The molecule has 0 amide bonds. The van der Waals surface area contributed by atoms with Gasteiger partial charge in [-0.05, 0) is 88.0 Å². The lowest BCUT2D eigenvalue weighted by Crippen LogP contribution is -2.53. The number of benzene rings is 1. The van der Waals surface area contributed by atoms with E-state index in [4.69, 9.17) is 11.6 Å². The van der Waals surface area contributed by atoms with Gasteiger partial charge in [0.15, 0.2) is 5.54 Å². The van der Waals surface area contributed by atoms with Crippen LogP contribution < -0.4 is 5.32 Å². The van der Waals surface area contributed by atoms with Gasteiger partial charge in [0.25, 0.3) is 0 Å². The Hall–Kier alpha value is -1.75. The molecule has 2 aliphatic rings. The number of nitrogens with one attached hydrogen (secondary N) is 1. The van der Waals surface area contributed by atoms with Gasteiger partial charge in [-0.15, -0.1) is 0 Å². The fourth-order valence-corrected chi connectivity index (χ4v) is 6.09. The molecule has 0 aromatic heterocycles. The van der Waals surface area contributed by atoms with Gasteiger partial charge in [-0.2, -0.15) is 0 Å². The molecule has 3 rings (SSSR count). The molecule has 1 saturated carbocycles. The Kier molecular flexibility index (Phi) is 8.36. The number of hydrogen-bond donors (Lipinski definition) is 2. The zero-order valence-electron chi connectivity index (χ0n) is 21.0. The SMILES string of the molecule is CCCN1C=NC(CC(C)C)(C(=O)O)C1CC1CCC(C(C)(C)Nc2ccc(Cl)cc2)CC1. The van der Waals surface area contributed by atoms with E-state index in [2.05, 4.69) is 49.8 Å². The maximum Gasteiger partial charge on any atom is 0.333 e. The molecule has 5 nitrogen and oxygen atoms in total. The van der Waals surface area contributed by atoms with Crippen LogP contribution >= 0.6 is 11.6 Å². The standard InChI is InChI=1S/C27H42ClN3O2/c1-6-15-31-18-29-27(25(32)33,17-19(2)3)24(31)16-20-7-9-21(10-8-20)26(4,5)30-23-13-11-22(28)12-14-23/h11-14,18-21,24,30H,6-10,15-17H2,1-5H3,(H,32,33). The van der Waals surface area contributed by atoms with Crippen molar-refractivity contribution in [1.29, 1.82) is 0 Å². The van der Waals surface area contributed by atoms with E-state index in [-0.39, 0.29) is 17.5 Å². The highest BCUT2D eigenvalue weighted by molar-refractivity contribution is 6.30. The van der Waals surface area contributed by atoms with Crippen molar-refractivity contribution in [2.75, 3.05) is 11.9 Å². The first-order valence-electron chi connectivity index (χ1n) is 12.7. The summed E-state index contributed by atoms with van der Waals surface area (Å²) in [5, 5.41) is 14.7. The van der Waals surface area contributed by atoms with Crippen molar-refractivity contribution in [2.45, 2.75) is 96.7 Å². The van der Waals surface area contributed by atoms with Crippen molar-refractivity contribution in [3.05, 3.63) is 29.3 Å². The summed E-state index contributed by atoms with van der Waals surface area (Å²) in [6.45, 7) is 11.8. The normalized spacial score (nSPS) is 27.8. The molecule has 1 aliphatic carbocycles. The molecule has 2 N–H and O–H groups in total. The van der Waals surface area contributed by atoms with E-state index in [0.717, 1.165) is 55.8 Å². The molecule has 1 aromatic rings. The van der Waals surface area contributed by atoms with E-state index < -0.39 is 11.5 Å². The molecule has 2 unspecified atom stereocenters. The van der Waals surface area contributed by atoms with Gasteiger partial charge in [0, 0.05) is 22.8 Å². The monoisotopic (exact) mass is 475 g/mol. The molecule has 1 aliphatic heterocycles. The van der Waals surface area contributed by atoms with E-state index in [9.17, 15) is 9.90 Å². The quantitative estimate of drug-likeness (QED) is 0.394. The van der Waals surface area contributed by atoms with Crippen LogP contribution in [-0.2, 0) is 4.79 Å². The summed E-state index contributed by atoms with van der Waals surface area (Å²) in [7, 11) is 0. The number of aliphatic carboxylic acids is 1. The summed E-state index contributed by atoms with van der Waals surface area (Å²) in [6.07, 6.45) is 8.93. The lowest BCUT2D eigenvalue weighted by Gasteiger charge is -2.43. The molecule has 33 heavy (non-hydrogen) atoms. The van der Waals surface area contributed by atoms with Crippen molar-refractivity contribution >= 4 is 29.6 Å². The molecule has 0 spiro atoms. The molecular weight excluding hydrogens is 434 g/mol. The minimum Gasteiger partial charge on any atom is -0.479 e. The number of carbonyl (C=O) groups is 1. The first kappa shape index (κ1) is 25.9. The molecule has 1 fully saturated rings. The van der Waals surface area contributed by atoms with Crippen LogP contribution in [0.2, 0.25) is 5.02 Å². The topological polar surface area (TPSA) is 64.9 Å². The highest BCUT2D eigenvalue weighted by atomic mass is 35.5. The molecule has 1 heterocycles. The van der Waals surface area contributed by atoms with Crippen LogP contribution in [0.4, 0.5) is 5.69 Å². The summed E-state index contributed by atoms with van der Waals surface area (Å²) < 4.78 is 0. The maximum absolute atomic E-state index is 12.5. The number of nitrogens with zero attached hydrogens (tertiary/aromatic N) is 2. The van der Waals surface area contributed by atoms with Gasteiger partial charge in [0.1, 0.15) is 0 Å². The summed E-state index contributed by atoms with van der Waals surface area (Å²) in [4.78, 5) is 19.3. The van der Waals surface area contributed by atoms with Gasteiger partial charge < -0.3 is 15.3 Å². The van der Waals surface area contributed by atoms with E-state index in [1.807, 2.05) is 30.6 Å². The van der Waals surface area contributed by atoms with Crippen LogP contribution in [0.1, 0.15) is 79.6 Å². The molecule has 0 saturated heterocycles. The number of halogens is 1. The molecular formula is C27H42ClN3O2. The molecule has 2 atom stereocenters. The average Bonchev–Trinajstić information content (AvgIpc) is 3.08. The second-order valence-electron chi connectivity index (χ2n) is 11.1. The summed E-state index contributed by atoms with van der Waals surface area (Å²) in [5.41, 5.74) is 0.0893. The van der Waals surface area contributed by atoms with Gasteiger partial charge in [-0.3, -0.25) is 4.99 Å². The maximum atomic E-state index is 12.5. The van der Waals surface area contributed by atoms with Gasteiger partial charge in [-0.1, -0.05) is 45.2 Å². The first-order valence-corrected chi connectivity index (χ1v) is 13.0. The lowest BCUT2D eigenvalue weighted by atomic mass is 9.70. The van der Waals surface area contributed by atoms with Crippen molar-refractivity contribution in [2.24, 2.45) is 22.7 Å². The first-order chi connectivity index (χ1) is 15.6. The van der Waals surface area contributed by atoms with Crippen LogP contribution in [0.3, 0.4) is 0 Å². The summed E-state index contributed by atoms with van der Waals surface area (Å²) >= 11 is 6.04. The zero-order chi connectivity index (χ0) is 24.2. The van der Waals surface area contributed by atoms with E-state index in [1.165, 1.54) is 0 Å². The Morgan fingerprint density at radius 1 is 1.24 bits per heavy atom. The molecule has 1 aromatic carbocycles. The zero-order valence-corrected chi connectivity index (χ0v) is 21.7. The highest BCUT2D eigenvalue weighted by Crippen LogP contribution is 2.42. The Balaban J connectivity index is 1.65. The van der Waals surface area contributed by atoms with Gasteiger partial charge in [-0.25, -0.2) is 4.79 Å². The van der Waals surface area contributed by atoms with E-state index in [0.29, 0.717) is 18.3 Å². The van der Waals surface area contributed by atoms with Gasteiger partial charge in [0.05, 0.1) is 12.4 Å². The molecule has 184 valence electrons. The molecule has 6 heteroatoms. The minimum absolute atomic E-state index is 0.00796. The third-order valence-electron chi connectivity index (χ3n) is 7.69. The van der Waals surface area contributed by atoms with Crippen molar-refractivity contribution in [1.82, 2.24) is 4.90 Å². The Morgan fingerprint density at radius 3 is 2.42 bits per heavy atom. The average molecular weight is 476 g/mol. The highest BCUT2D eigenvalue weighted by Gasteiger charge is 2.52. The van der Waals surface area contributed by atoms with Crippen LogP contribution in [0.5, 0.6) is 0 Å². The second kappa shape index (κ2) is 10.7. The van der Waals surface area contributed by atoms with E-state index >= 15 is 0 Å².